The van der Waals surface area contributed by atoms with Crippen LogP contribution in [0.3, 0.4) is 0 Å². The number of hydrogen-bond donors (Lipinski definition) is 0. The summed E-state index contributed by atoms with van der Waals surface area (Å²) >= 11 is 0. The summed E-state index contributed by atoms with van der Waals surface area (Å²) in [5.41, 5.74) is 12.3. The van der Waals surface area contributed by atoms with Gasteiger partial charge in [-0.3, -0.25) is 4.99 Å². The van der Waals surface area contributed by atoms with Crippen molar-refractivity contribution in [1.29, 1.82) is 0 Å². The van der Waals surface area contributed by atoms with Gasteiger partial charge in [-0.05, 0) is 60.5 Å². The summed E-state index contributed by atoms with van der Waals surface area (Å²) in [7, 11) is 0. The summed E-state index contributed by atoms with van der Waals surface area (Å²) in [6.45, 7) is 2.36. The topological polar surface area (TPSA) is 22.2 Å². The maximum atomic E-state index is 5.43. The number of fused-ring (bicyclic) bond motifs is 8. The smallest absolute Gasteiger partial charge is 0.0700 e. The van der Waals surface area contributed by atoms with Gasteiger partial charge in [0, 0.05) is 38.5 Å². The average molecular weight is 614 g/mol. The Bertz CT molecular complexity index is 2680. The molecule has 0 amide bonds. The monoisotopic (exact) mass is 613 g/mol. The number of rotatable bonds is 4. The van der Waals surface area contributed by atoms with Crippen LogP contribution in [0.25, 0.3) is 55.0 Å². The summed E-state index contributed by atoms with van der Waals surface area (Å²) in [4.78, 5) is 5.43. The summed E-state index contributed by atoms with van der Waals surface area (Å²) < 4.78 is 4.88. The normalized spacial score (nSPS) is 15.8. The maximum Gasteiger partial charge on any atom is 0.0700 e. The van der Waals surface area contributed by atoms with Crippen LogP contribution in [0, 0.1) is 0 Å². The van der Waals surface area contributed by atoms with Crippen molar-refractivity contribution in [3.63, 3.8) is 0 Å². The summed E-state index contributed by atoms with van der Waals surface area (Å²) in [6, 6.07) is 61.3. The van der Waals surface area contributed by atoms with E-state index in [1.54, 1.807) is 0 Å². The van der Waals surface area contributed by atoms with E-state index in [1.165, 1.54) is 54.7 Å². The van der Waals surface area contributed by atoms with Crippen LogP contribution < -0.4 is 0 Å². The number of aliphatic imine (C=N–C) groups is 1. The van der Waals surface area contributed by atoms with Crippen molar-refractivity contribution in [2.45, 2.75) is 12.3 Å². The number of nitrogens with zero attached hydrogens (tertiary/aromatic N) is 3. The van der Waals surface area contributed by atoms with Crippen molar-refractivity contribution in [2.24, 2.45) is 4.99 Å². The first-order valence-electron chi connectivity index (χ1n) is 16.6. The van der Waals surface area contributed by atoms with Crippen molar-refractivity contribution >= 4 is 55.0 Å². The van der Waals surface area contributed by atoms with Crippen molar-refractivity contribution in [3.8, 4) is 11.4 Å². The molecule has 0 aliphatic carbocycles. The molecule has 1 aliphatic heterocycles. The van der Waals surface area contributed by atoms with E-state index in [2.05, 4.69) is 186 Å². The van der Waals surface area contributed by atoms with Gasteiger partial charge in [0.25, 0.3) is 0 Å². The number of aromatic nitrogens is 2. The molecule has 9 aromatic rings. The van der Waals surface area contributed by atoms with Crippen LogP contribution in [0.4, 0.5) is 5.69 Å². The molecular formula is C45H31N3. The molecule has 0 fully saturated rings. The third kappa shape index (κ3) is 3.67. The third-order valence-corrected chi connectivity index (χ3v) is 10.3. The molecule has 7 aromatic carbocycles. The van der Waals surface area contributed by atoms with Crippen molar-refractivity contribution in [1.82, 2.24) is 9.13 Å². The zero-order valence-electron chi connectivity index (χ0n) is 26.5. The molecular weight excluding hydrogens is 583 g/mol. The molecule has 2 aromatic heterocycles. The number of hydrogen-bond acceptors (Lipinski definition) is 1. The van der Waals surface area contributed by atoms with Crippen LogP contribution >= 0.6 is 0 Å². The van der Waals surface area contributed by atoms with Gasteiger partial charge in [-0.1, -0.05) is 127 Å². The molecule has 3 heteroatoms. The Morgan fingerprint density at radius 3 is 1.62 bits per heavy atom. The van der Waals surface area contributed by atoms with Crippen molar-refractivity contribution in [3.05, 3.63) is 187 Å². The average Bonchev–Trinajstić information content (AvgIpc) is 3.78. The molecule has 0 saturated carbocycles. The van der Waals surface area contributed by atoms with E-state index in [1.807, 2.05) is 0 Å². The molecule has 3 heterocycles. The number of para-hydroxylation sites is 3. The largest absolute Gasteiger partial charge is 0.309 e. The van der Waals surface area contributed by atoms with E-state index in [4.69, 9.17) is 4.99 Å². The molecule has 226 valence electrons. The van der Waals surface area contributed by atoms with Gasteiger partial charge in [0.05, 0.1) is 38.9 Å². The second-order valence-electron chi connectivity index (χ2n) is 12.9. The molecule has 1 unspecified atom stereocenters. The lowest BCUT2D eigenvalue weighted by Crippen LogP contribution is -2.32. The highest BCUT2D eigenvalue weighted by Crippen LogP contribution is 2.51. The van der Waals surface area contributed by atoms with E-state index in [-0.39, 0.29) is 0 Å². The van der Waals surface area contributed by atoms with Gasteiger partial charge in [-0.25, -0.2) is 0 Å². The van der Waals surface area contributed by atoms with Crippen LogP contribution in [0.15, 0.2) is 175 Å². The summed E-state index contributed by atoms with van der Waals surface area (Å²) in [5, 5.41) is 4.99. The summed E-state index contributed by atoms with van der Waals surface area (Å²) in [5.74, 6) is 0. The van der Waals surface area contributed by atoms with E-state index in [9.17, 15) is 0 Å². The first-order valence-corrected chi connectivity index (χ1v) is 16.6. The van der Waals surface area contributed by atoms with E-state index in [0.717, 1.165) is 28.3 Å². The Morgan fingerprint density at radius 2 is 0.979 bits per heavy atom. The van der Waals surface area contributed by atoms with Gasteiger partial charge < -0.3 is 9.13 Å². The minimum Gasteiger partial charge on any atom is -0.309 e. The fourth-order valence-electron chi connectivity index (χ4n) is 8.23. The molecule has 0 N–H and O–H groups in total. The van der Waals surface area contributed by atoms with Crippen molar-refractivity contribution < 1.29 is 0 Å². The van der Waals surface area contributed by atoms with Crippen LogP contribution in [0.5, 0.6) is 0 Å². The Balaban J connectivity index is 1.29. The minimum atomic E-state index is -0.478. The first-order chi connectivity index (χ1) is 23.7. The molecule has 1 atom stereocenters. The van der Waals surface area contributed by atoms with Crippen LogP contribution in [-0.2, 0) is 5.41 Å². The molecule has 0 bridgehead atoms. The Kier molecular flexibility index (Phi) is 5.71. The van der Waals surface area contributed by atoms with Crippen LogP contribution in [-0.4, -0.2) is 14.8 Å². The van der Waals surface area contributed by atoms with Gasteiger partial charge in [-0.2, -0.15) is 0 Å². The lowest BCUT2D eigenvalue weighted by Gasteiger charge is -2.30. The Morgan fingerprint density at radius 1 is 0.458 bits per heavy atom. The highest BCUT2D eigenvalue weighted by Gasteiger charge is 2.44. The fourth-order valence-corrected chi connectivity index (χ4v) is 8.23. The van der Waals surface area contributed by atoms with Crippen LogP contribution in [0.1, 0.15) is 23.6 Å². The second kappa shape index (κ2) is 10.2. The van der Waals surface area contributed by atoms with Crippen LogP contribution in [0.2, 0.25) is 0 Å². The fraction of sp³-hybridized carbons (Fsp3) is 0.0444. The van der Waals surface area contributed by atoms with E-state index < -0.39 is 5.41 Å². The molecule has 3 nitrogen and oxygen atoms in total. The van der Waals surface area contributed by atoms with Gasteiger partial charge in [-0.15, -0.1) is 0 Å². The zero-order chi connectivity index (χ0) is 31.8. The Labute approximate surface area is 278 Å². The predicted molar refractivity (Wildman–Crippen MR) is 201 cm³/mol. The molecule has 0 saturated heterocycles. The molecule has 0 radical (unpaired) electrons. The Hall–Kier alpha value is -6.19. The molecule has 10 rings (SSSR count). The molecule has 1 aliphatic rings. The predicted octanol–water partition coefficient (Wildman–Crippen LogP) is 11.3. The maximum absolute atomic E-state index is 5.43. The van der Waals surface area contributed by atoms with Gasteiger partial charge in [0.1, 0.15) is 0 Å². The molecule has 0 spiro atoms. The number of benzene rings is 7. The zero-order valence-corrected chi connectivity index (χ0v) is 26.5. The second-order valence-corrected chi connectivity index (χ2v) is 12.9. The third-order valence-electron chi connectivity index (χ3n) is 10.3. The standard InChI is InChI=1S/C45H31N3/c1-45(31-17-6-3-7-18-31)42-38(46-44(45)30-15-4-2-5-16-30)28-27-37-36-23-10-13-26-41(36)48(43(37)42)33-20-14-19-32(29-33)47-39-24-11-8-21-34(39)35-22-9-12-25-40(35)47/h2-29H,1H3. The SMILES string of the molecule is CC1(c2ccccc2)C(c2ccccc2)=Nc2ccc3c4ccccc4n(-c4cccc(-n5c6ccccc6c6ccccc65)c4)c3c21. The quantitative estimate of drug-likeness (QED) is 0.188. The van der Waals surface area contributed by atoms with E-state index >= 15 is 0 Å². The van der Waals surface area contributed by atoms with Gasteiger partial charge >= 0.3 is 0 Å². The van der Waals surface area contributed by atoms with Gasteiger partial charge in [0.15, 0.2) is 0 Å². The lowest BCUT2D eigenvalue weighted by molar-refractivity contribution is 0.797. The highest BCUT2D eigenvalue weighted by molar-refractivity contribution is 6.20. The highest BCUT2D eigenvalue weighted by atomic mass is 15.0. The molecule has 48 heavy (non-hydrogen) atoms. The minimum absolute atomic E-state index is 0.478. The van der Waals surface area contributed by atoms with Gasteiger partial charge in [0.2, 0.25) is 0 Å². The van der Waals surface area contributed by atoms with Crippen molar-refractivity contribution in [2.75, 3.05) is 0 Å². The first kappa shape index (κ1) is 27.0. The van der Waals surface area contributed by atoms with E-state index in [0.29, 0.717) is 0 Å². The summed E-state index contributed by atoms with van der Waals surface area (Å²) in [6.07, 6.45) is 0. The lowest BCUT2D eigenvalue weighted by atomic mass is 9.71.